The highest BCUT2D eigenvalue weighted by Gasteiger charge is 2.30. The first-order chi connectivity index (χ1) is 9.59. The third kappa shape index (κ3) is 6.63. The second kappa shape index (κ2) is 6.95. The zero-order valence-electron chi connectivity index (χ0n) is 12.5. The van der Waals surface area contributed by atoms with Crippen LogP contribution in [0.1, 0.15) is 35.2 Å². The normalized spacial score (nSPS) is 11.7. The van der Waals surface area contributed by atoms with Crippen LogP contribution in [-0.4, -0.2) is 13.9 Å². The topological polar surface area (TPSA) is 17.1 Å². The predicted octanol–water partition coefficient (Wildman–Crippen LogP) is 4.94. The monoisotopic (exact) mass is 312 g/mol. The van der Waals surface area contributed by atoms with Crippen LogP contribution in [0.3, 0.4) is 0 Å². The molecule has 114 valence electrons. The molecule has 1 rings (SSSR count). The highest BCUT2D eigenvalue weighted by molar-refractivity contribution is 6.83. The summed E-state index contributed by atoms with van der Waals surface area (Å²) in [5.74, 6) is 2.93. The standard InChI is InChI=1S/C16H19F3OSi/c1-21(2,3)12-6-4-5-7-15(20)13-8-10-14(11-9-13)16(17,18)19/h8-11H,4-5,7H2,1-3H3. The van der Waals surface area contributed by atoms with E-state index in [0.29, 0.717) is 24.8 Å². The summed E-state index contributed by atoms with van der Waals surface area (Å²) in [6, 6.07) is 4.36. The molecule has 0 aromatic heterocycles. The number of alkyl halides is 3. The molecule has 0 amide bonds. The van der Waals surface area contributed by atoms with Gasteiger partial charge in [0.1, 0.15) is 8.07 Å². The Morgan fingerprint density at radius 2 is 1.71 bits per heavy atom. The molecule has 1 nitrogen and oxygen atoms in total. The minimum atomic E-state index is -4.37. The smallest absolute Gasteiger partial charge is 0.294 e. The lowest BCUT2D eigenvalue weighted by molar-refractivity contribution is -0.137. The number of Topliss-reactive ketones (excluding diaryl/α,β-unsaturated/α-hetero) is 1. The Kier molecular flexibility index (Phi) is 5.79. The van der Waals surface area contributed by atoms with E-state index in [0.717, 1.165) is 12.1 Å². The van der Waals surface area contributed by atoms with Crippen LogP contribution >= 0.6 is 0 Å². The van der Waals surface area contributed by atoms with E-state index in [4.69, 9.17) is 0 Å². The fourth-order valence-electron chi connectivity index (χ4n) is 1.65. The summed E-state index contributed by atoms with van der Waals surface area (Å²) in [6.07, 6.45) is -2.77. The quantitative estimate of drug-likeness (QED) is 0.333. The van der Waals surface area contributed by atoms with E-state index in [1.807, 2.05) is 0 Å². The number of rotatable bonds is 4. The van der Waals surface area contributed by atoms with Gasteiger partial charge >= 0.3 is 6.18 Å². The summed E-state index contributed by atoms with van der Waals surface area (Å²) in [4.78, 5) is 11.8. The van der Waals surface area contributed by atoms with Gasteiger partial charge in [0.2, 0.25) is 0 Å². The molecular formula is C16H19F3OSi. The van der Waals surface area contributed by atoms with Gasteiger partial charge in [-0.15, -0.1) is 11.5 Å². The number of halogens is 3. The van der Waals surface area contributed by atoms with E-state index in [1.54, 1.807) is 0 Å². The Labute approximate surface area is 124 Å². The number of ketones is 1. The number of carbonyl (C=O) groups excluding carboxylic acids is 1. The van der Waals surface area contributed by atoms with Crippen molar-refractivity contribution in [1.82, 2.24) is 0 Å². The molecule has 0 spiro atoms. The number of benzene rings is 1. The largest absolute Gasteiger partial charge is 0.416 e. The highest BCUT2D eigenvalue weighted by atomic mass is 28.3. The average molecular weight is 312 g/mol. The van der Waals surface area contributed by atoms with Gasteiger partial charge in [-0.25, -0.2) is 0 Å². The van der Waals surface area contributed by atoms with Crippen molar-refractivity contribution in [3.63, 3.8) is 0 Å². The fourth-order valence-corrected chi connectivity index (χ4v) is 2.31. The molecule has 0 saturated heterocycles. The molecule has 0 fully saturated rings. The SMILES string of the molecule is C[Si](C)(C)C#CCCCC(=O)c1ccc(C(F)(F)F)cc1. The van der Waals surface area contributed by atoms with Crippen molar-refractivity contribution in [1.29, 1.82) is 0 Å². The van der Waals surface area contributed by atoms with Gasteiger partial charge in [0.25, 0.3) is 0 Å². The maximum Gasteiger partial charge on any atom is 0.416 e. The Balaban J connectivity index is 2.51. The lowest BCUT2D eigenvalue weighted by Crippen LogP contribution is -2.16. The van der Waals surface area contributed by atoms with Crippen LogP contribution < -0.4 is 0 Å². The maximum absolute atomic E-state index is 12.4. The molecule has 0 heterocycles. The lowest BCUT2D eigenvalue weighted by atomic mass is 10.0. The number of hydrogen-bond acceptors (Lipinski definition) is 1. The van der Waals surface area contributed by atoms with Crippen LogP contribution in [0.15, 0.2) is 24.3 Å². The van der Waals surface area contributed by atoms with Crippen LogP contribution in [0.2, 0.25) is 19.6 Å². The van der Waals surface area contributed by atoms with Crippen molar-refractivity contribution >= 4 is 13.9 Å². The molecule has 0 bridgehead atoms. The van der Waals surface area contributed by atoms with E-state index < -0.39 is 19.8 Å². The molecule has 1 aromatic rings. The minimum absolute atomic E-state index is 0.140. The van der Waals surface area contributed by atoms with Gasteiger partial charge in [0.15, 0.2) is 5.78 Å². The average Bonchev–Trinajstić information content (AvgIpc) is 2.36. The predicted molar refractivity (Wildman–Crippen MR) is 80.7 cm³/mol. The van der Waals surface area contributed by atoms with Crippen molar-refractivity contribution in [3.05, 3.63) is 35.4 Å². The summed E-state index contributed by atoms with van der Waals surface area (Å²) in [7, 11) is -1.38. The second-order valence-electron chi connectivity index (χ2n) is 5.90. The Morgan fingerprint density at radius 1 is 1.14 bits per heavy atom. The molecule has 5 heteroatoms. The summed E-state index contributed by atoms with van der Waals surface area (Å²) in [6.45, 7) is 6.44. The van der Waals surface area contributed by atoms with Crippen LogP contribution in [0.5, 0.6) is 0 Å². The highest BCUT2D eigenvalue weighted by Crippen LogP contribution is 2.29. The van der Waals surface area contributed by atoms with E-state index in [2.05, 4.69) is 31.1 Å². The minimum Gasteiger partial charge on any atom is -0.294 e. The number of carbonyl (C=O) groups is 1. The third-order valence-electron chi connectivity index (χ3n) is 2.70. The van der Waals surface area contributed by atoms with E-state index >= 15 is 0 Å². The molecule has 0 aliphatic rings. The van der Waals surface area contributed by atoms with Gasteiger partial charge in [0, 0.05) is 18.4 Å². The zero-order chi connectivity index (χ0) is 16.1. The van der Waals surface area contributed by atoms with Gasteiger partial charge in [-0.05, 0) is 18.6 Å². The van der Waals surface area contributed by atoms with Crippen molar-refractivity contribution in [2.75, 3.05) is 0 Å². The fraction of sp³-hybridized carbons (Fsp3) is 0.438. The van der Waals surface area contributed by atoms with Crippen molar-refractivity contribution in [2.45, 2.75) is 45.1 Å². The molecule has 0 unspecified atom stereocenters. The van der Waals surface area contributed by atoms with Crippen LogP contribution in [0.4, 0.5) is 13.2 Å². The van der Waals surface area contributed by atoms with Gasteiger partial charge in [0.05, 0.1) is 5.56 Å². The molecule has 0 radical (unpaired) electrons. The third-order valence-corrected chi connectivity index (χ3v) is 3.63. The molecular weight excluding hydrogens is 293 g/mol. The lowest BCUT2D eigenvalue weighted by Gasteiger charge is -2.07. The van der Waals surface area contributed by atoms with Gasteiger partial charge < -0.3 is 0 Å². The first-order valence-electron chi connectivity index (χ1n) is 6.80. The van der Waals surface area contributed by atoms with E-state index in [9.17, 15) is 18.0 Å². The first kappa shape index (κ1) is 17.5. The molecule has 0 N–H and O–H groups in total. The Morgan fingerprint density at radius 3 is 2.19 bits per heavy atom. The second-order valence-corrected chi connectivity index (χ2v) is 10.7. The van der Waals surface area contributed by atoms with Crippen LogP contribution in [-0.2, 0) is 6.18 Å². The van der Waals surface area contributed by atoms with Crippen molar-refractivity contribution < 1.29 is 18.0 Å². The number of hydrogen-bond donors (Lipinski definition) is 0. The maximum atomic E-state index is 12.4. The summed E-state index contributed by atoms with van der Waals surface area (Å²) < 4.78 is 37.2. The van der Waals surface area contributed by atoms with Crippen LogP contribution in [0, 0.1) is 11.5 Å². The van der Waals surface area contributed by atoms with Crippen molar-refractivity contribution in [3.8, 4) is 11.5 Å². The Bertz CT molecular complexity index is 542. The summed E-state index contributed by atoms with van der Waals surface area (Å²) in [5, 5.41) is 0. The summed E-state index contributed by atoms with van der Waals surface area (Å²) in [5.41, 5.74) is 2.80. The van der Waals surface area contributed by atoms with Crippen LogP contribution in [0.25, 0.3) is 0 Å². The van der Waals surface area contributed by atoms with Gasteiger partial charge in [-0.3, -0.25) is 4.79 Å². The van der Waals surface area contributed by atoms with Gasteiger partial charge in [-0.2, -0.15) is 13.2 Å². The molecule has 0 aliphatic carbocycles. The van der Waals surface area contributed by atoms with E-state index in [1.165, 1.54) is 12.1 Å². The molecule has 0 atom stereocenters. The summed E-state index contributed by atoms with van der Waals surface area (Å²) >= 11 is 0. The molecule has 21 heavy (non-hydrogen) atoms. The molecule has 0 saturated carbocycles. The zero-order valence-corrected chi connectivity index (χ0v) is 13.5. The Hall–Kier alpha value is -1.54. The van der Waals surface area contributed by atoms with Crippen molar-refractivity contribution in [2.24, 2.45) is 0 Å². The first-order valence-corrected chi connectivity index (χ1v) is 10.3. The van der Waals surface area contributed by atoms with E-state index in [-0.39, 0.29) is 5.78 Å². The number of unbranched alkanes of at least 4 members (excludes halogenated alkanes) is 1. The molecule has 0 aliphatic heterocycles. The molecule has 1 aromatic carbocycles. The van der Waals surface area contributed by atoms with Gasteiger partial charge in [-0.1, -0.05) is 31.8 Å².